The second-order valence-electron chi connectivity index (χ2n) is 6.22. The number of rotatable bonds is 7. The molecule has 1 aromatic heterocycles. The van der Waals surface area contributed by atoms with Crippen molar-refractivity contribution < 1.29 is 9.53 Å². The lowest BCUT2D eigenvalue weighted by atomic mass is 10.2. The monoisotopic (exact) mass is 371 g/mol. The van der Waals surface area contributed by atoms with Crippen LogP contribution in [0.15, 0.2) is 48.5 Å². The van der Waals surface area contributed by atoms with Gasteiger partial charge in [-0.1, -0.05) is 30.7 Å². The van der Waals surface area contributed by atoms with Crippen molar-refractivity contribution in [1.82, 2.24) is 14.9 Å². The van der Waals surface area contributed by atoms with Crippen molar-refractivity contribution in [3.05, 3.63) is 59.4 Å². The summed E-state index contributed by atoms with van der Waals surface area (Å²) >= 11 is 5.90. The molecule has 3 aromatic rings. The number of fused-ring (bicyclic) bond motifs is 1. The number of hydrogen-bond acceptors (Lipinski definition) is 3. The van der Waals surface area contributed by atoms with Crippen LogP contribution in [0, 0.1) is 0 Å². The lowest BCUT2D eigenvalue weighted by Crippen LogP contribution is -2.35. The van der Waals surface area contributed by atoms with Crippen LogP contribution in [-0.4, -0.2) is 21.5 Å². The van der Waals surface area contributed by atoms with Crippen molar-refractivity contribution >= 4 is 28.5 Å². The maximum absolute atomic E-state index is 12.4. The predicted octanol–water partition coefficient (Wildman–Crippen LogP) is 4.18. The molecule has 0 fully saturated rings. The molecule has 1 unspecified atom stereocenters. The molecule has 5 nitrogen and oxygen atoms in total. The molecule has 0 saturated carbocycles. The van der Waals surface area contributed by atoms with Crippen molar-refractivity contribution in [2.75, 3.05) is 0 Å². The average molecular weight is 372 g/mol. The van der Waals surface area contributed by atoms with Crippen LogP contribution in [0.25, 0.3) is 11.0 Å². The molecule has 2 aromatic carbocycles. The topological polar surface area (TPSA) is 56.2 Å². The summed E-state index contributed by atoms with van der Waals surface area (Å²) in [5, 5.41) is 3.66. The summed E-state index contributed by atoms with van der Waals surface area (Å²) in [6.07, 6.45) is 0.892. The van der Waals surface area contributed by atoms with Gasteiger partial charge in [0.25, 0.3) is 0 Å². The highest BCUT2D eigenvalue weighted by Gasteiger charge is 2.15. The van der Waals surface area contributed by atoms with Crippen LogP contribution in [0.1, 0.15) is 26.1 Å². The van der Waals surface area contributed by atoms with Crippen LogP contribution in [0.2, 0.25) is 5.02 Å². The minimum Gasteiger partial charge on any atom is -0.486 e. The summed E-state index contributed by atoms with van der Waals surface area (Å²) in [5.74, 6) is 1.38. The minimum absolute atomic E-state index is 0.0322. The van der Waals surface area contributed by atoms with E-state index in [0.717, 1.165) is 17.5 Å². The van der Waals surface area contributed by atoms with Crippen molar-refractivity contribution in [3.8, 4) is 5.75 Å². The zero-order valence-corrected chi connectivity index (χ0v) is 15.7. The highest BCUT2D eigenvalue weighted by atomic mass is 35.5. The van der Waals surface area contributed by atoms with E-state index < -0.39 is 0 Å². The van der Waals surface area contributed by atoms with E-state index in [-0.39, 0.29) is 25.1 Å². The van der Waals surface area contributed by atoms with E-state index in [0.29, 0.717) is 16.6 Å². The first kappa shape index (κ1) is 18.3. The van der Waals surface area contributed by atoms with E-state index in [2.05, 4.69) is 10.3 Å². The number of benzene rings is 2. The molecule has 0 aliphatic carbocycles. The Kier molecular flexibility index (Phi) is 5.78. The Morgan fingerprint density at radius 2 is 1.96 bits per heavy atom. The van der Waals surface area contributed by atoms with Crippen LogP contribution in [0.4, 0.5) is 0 Å². The Morgan fingerprint density at radius 1 is 1.23 bits per heavy atom. The van der Waals surface area contributed by atoms with Gasteiger partial charge < -0.3 is 14.6 Å². The molecule has 0 aliphatic heterocycles. The third-order valence-corrected chi connectivity index (χ3v) is 4.49. The molecule has 1 heterocycles. The van der Waals surface area contributed by atoms with E-state index in [1.807, 2.05) is 54.8 Å². The van der Waals surface area contributed by atoms with Crippen LogP contribution in [0.5, 0.6) is 5.75 Å². The van der Waals surface area contributed by atoms with E-state index in [1.54, 1.807) is 12.1 Å². The molecule has 0 saturated heterocycles. The SMILES string of the molecule is CCC(C)NC(=O)Cn1c(COc2ccc(Cl)cc2)nc2ccccc21. The first-order valence-electron chi connectivity index (χ1n) is 8.68. The fourth-order valence-corrected chi connectivity index (χ4v) is 2.78. The highest BCUT2D eigenvalue weighted by Crippen LogP contribution is 2.20. The third kappa shape index (κ3) is 4.35. The lowest BCUT2D eigenvalue weighted by Gasteiger charge is -2.14. The standard InChI is InChI=1S/C20H22ClN3O2/c1-3-14(2)22-20(25)12-24-18-7-5-4-6-17(18)23-19(24)13-26-16-10-8-15(21)9-11-16/h4-11,14H,3,12-13H2,1-2H3,(H,22,25). The summed E-state index contributed by atoms with van der Waals surface area (Å²) in [6, 6.07) is 15.1. The van der Waals surface area contributed by atoms with E-state index in [4.69, 9.17) is 16.3 Å². The third-order valence-electron chi connectivity index (χ3n) is 4.24. The number of nitrogens with zero attached hydrogens (tertiary/aromatic N) is 2. The second-order valence-corrected chi connectivity index (χ2v) is 6.66. The fourth-order valence-electron chi connectivity index (χ4n) is 2.66. The Hall–Kier alpha value is -2.53. The molecular formula is C20H22ClN3O2. The van der Waals surface area contributed by atoms with Crippen LogP contribution >= 0.6 is 11.6 Å². The van der Waals surface area contributed by atoms with Gasteiger partial charge in [-0.25, -0.2) is 4.98 Å². The maximum Gasteiger partial charge on any atom is 0.240 e. The molecule has 0 aliphatic rings. The molecule has 0 spiro atoms. The molecule has 136 valence electrons. The number of hydrogen-bond donors (Lipinski definition) is 1. The highest BCUT2D eigenvalue weighted by molar-refractivity contribution is 6.30. The fraction of sp³-hybridized carbons (Fsp3) is 0.300. The smallest absolute Gasteiger partial charge is 0.240 e. The minimum atomic E-state index is -0.0322. The quantitative estimate of drug-likeness (QED) is 0.677. The van der Waals surface area contributed by atoms with Crippen molar-refractivity contribution in [1.29, 1.82) is 0 Å². The molecule has 1 atom stereocenters. The first-order chi connectivity index (χ1) is 12.6. The molecular weight excluding hydrogens is 350 g/mol. The normalized spacial score (nSPS) is 12.1. The summed E-state index contributed by atoms with van der Waals surface area (Å²) < 4.78 is 7.73. The van der Waals surface area contributed by atoms with Gasteiger partial charge in [-0.15, -0.1) is 0 Å². The lowest BCUT2D eigenvalue weighted by molar-refractivity contribution is -0.122. The Labute approximate surface area is 157 Å². The van der Waals surface area contributed by atoms with E-state index >= 15 is 0 Å². The van der Waals surface area contributed by atoms with Crippen LogP contribution in [0.3, 0.4) is 0 Å². The number of carbonyl (C=O) groups excluding carboxylic acids is 1. The number of aromatic nitrogens is 2. The van der Waals surface area contributed by atoms with Crippen molar-refractivity contribution in [2.24, 2.45) is 0 Å². The van der Waals surface area contributed by atoms with Gasteiger partial charge in [0.05, 0.1) is 11.0 Å². The summed E-state index contributed by atoms with van der Waals surface area (Å²) in [6.45, 7) is 4.52. The summed E-state index contributed by atoms with van der Waals surface area (Å²) in [7, 11) is 0. The summed E-state index contributed by atoms with van der Waals surface area (Å²) in [5.41, 5.74) is 1.76. The van der Waals surface area contributed by atoms with Gasteiger partial charge in [-0.05, 0) is 49.7 Å². The number of nitrogens with one attached hydrogen (secondary N) is 1. The molecule has 0 radical (unpaired) electrons. The number of ether oxygens (including phenoxy) is 1. The van der Waals surface area contributed by atoms with Gasteiger partial charge in [0.2, 0.25) is 5.91 Å². The first-order valence-corrected chi connectivity index (χ1v) is 9.06. The van der Waals surface area contributed by atoms with Gasteiger partial charge in [0.1, 0.15) is 24.7 Å². The number of para-hydroxylation sites is 2. The molecule has 26 heavy (non-hydrogen) atoms. The largest absolute Gasteiger partial charge is 0.486 e. The average Bonchev–Trinajstić information content (AvgIpc) is 2.98. The number of halogens is 1. The molecule has 3 rings (SSSR count). The van der Waals surface area contributed by atoms with Crippen LogP contribution in [-0.2, 0) is 17.9 Å². The predicted molar refractivity (Wildman–Crippen MR) is 103 cm³/mol. The summed E-state index contributed by atoms with van der Waals surface area (Å²) in [4.78, 5) is 17.0. The van der Waals surface area contributed by atoms with E-state index in [9.17, 15) is 4.79 Å². The van der Waals surface area contributed by atoms with Crippen molar-refractivity contribution in [2.45, 2.75) is 39.5 Å². The molecule has 1 amide bonds. The van der Waals surface area contributed by atoms with Crippen LogP contribution < -0.4 is 10.1 Å². The van der Waals surface area contributed by atoms with Gasteiger partial charge in [-0.3, -0.25) is 4.79 Å². The van der Waals surface area contributed by atoms with Gasteiger partial charge in [0, 0.05) is 11.1 Å². The molecule has 6 heteroatoms. The van der Waals surface area contributed by atoms with Crippen molar-refractivity contribution in [3.63, 3.8) is 0 Å². The second kappa shape index (κ2) is 8.23. The molecule has 0 bridgehead atoms. The zero-order valence-electron chi connectivity index (χ0n) is 14.9. The maximum atomic E-state index is 12.4. The van der Waals surface area contributed by atoms with Gasteiger partial charge in [0.15, 0.2) is 0 Å². The Balaban J connectivity index is 1.82. The zero-order chi connectivity index (χ0) is 18.5. The number of carbonyl (C=O) groups is 1. The van der Waals surface area contributed by atoms with Gasteiger partial charge >= 0.3 is 0 Å². The van der Waals surface area contributed by atoms with E-state index in [1.165, 1.54) is 0 Å². The molecule has 1 N–H and O–H groups in total. The number of amides is 1. The Bertz CT molecular complexity index is 890. The Morgan fingerprint density at radius 3 is 2.69 bits per heavy atom. The number of imidazole rings is 1. The van der Waals surface area contributed by atoms with Gasteiger partial charge in [-0.2, -0.15) is 0 Å².